The number of aliphatic imine (C=N–C) groups is 1. The maximum Gasteiger partial charge on any atom is 0.408 e. The van der Waals surface area contributed by atoms with Crippen molar-refractivity contribution in [2.45, 2.75) is 84.4 Å². The molecule has 1 fully saturated rings. The van der Waals surface area contributed by atoms with Gasteiger partial charge in [-0.25, -0.2) is 9.59 Å². The second-order valence-electron chi connectivity index (χ2n) is 7.73. The SMILES string of the molecule is COC(=O)[C@@H](CC(C)C)N=C1CCCC[C@@H]1NC(=O)OC(C)(C)C. The van der Waals surface area contributed by atoms with Gasteiger partial charge in [-0.1, -0.05) is 20.3 Å². The molecule has 6 heteroatoms. The molecule has 6 nitrogen and oxygen atoms in total. The fourth-order valence-electron chi connectivity index (χ4n) is 2.74. The first-order chi connectivity index (χ1) is 11.1. The summed E-state index contributed by atoms with van der Waals surface area (Å²) in [5.41, 5.74) is 0.325. The quantitative estimate of drug-likeness (QED) is 0.777. The minimum atomic E-state index is -0.539. The lowest BCUT2D eigenvalue weighted by Crippen LogP contribution is -2.45. The highest BCUT2D eigenvalue weighted by atomic mass is 16.6. The standard InChI is InChI=1S/C18H32N2O4/c1-12(2)11-15(16(21)23-6)19-13-9-7-8-10-14(13)20-17(22)24-18(3,4)5/h12,14-15H,7-11H2,1-6H3,(H,20,22)/t14-,15+/m0/s1. The van der Waals surface area contributed by atoms with Crippen molar-refractivity contribution < 1.29 is 19.1 Å². The molecule has 24 heavy (non-hydrogen) atoms. The Labute approximate surface area is 145 Å². The number of hydrogen-bond acceptors (Lipinski definition) is 5. The second-order valence-corrected chi connectivity index (χ2v) is 7.73. The highest BCUT2D eigenvalue weighted by Gasteiger charge is 2.28. The van der Waals surface area contributed by atoms with Crippen molar-refractivity contribution >= 4 is 17.8 Å². The average Bonchev–Trinajstić information content (AvgIpc) is 2.45. The summed E-state index contributed by atoms with van der Waals surface area (Å²) in [6, 6.07) is -0.682. The predicted octanol–water partition coefficient (Wildman–Crippen LogP) is 3.48. The van der Waals surface area contributed by atoms with E-state index in [1.54, 1.807) is 0 Å². The summed E-state index contributed by atoms with van der Waals surface area (Å²) in [5, 5.41) is 2.90. The van der Waals surface area contributed by atoms with Crippen molar-refractivity contribution in [1.82, 2.24) is 5.32 Å². The van der Waals surface area contributed by atoms with E-state index in [2.05, 4.69) is 10.3 Å². The van der Waals surface area contributed by atoms with Gasteiger partial charge in [-0.3, -0.25) is 4.99 Å². The molecule has 0 aromatic heterocycles. The fraction of sp³-hybridized carbons (Fsp3) is 0.833. The molecule has 0 aromatic rings. The van der Waals surface area contributed by atoms with Crippen LogP contribution in [0.5, 0.6) is 0 Å². The molecule has 1 rings (SSSR count). The fourth-order valence-corrected chi connectivity index (χ4v) is 2.74. The van der Waals surface area contributed by atoms with Crippen LogP contribution in [0.15, 0.2) is 4.99 Å². The number of methoxy groups -OCH3 is 1. The summed E-state index contributed by atoms with van der Waals surface area (Å²) in [7, 11) is 1.38. The molecule has 0 radical (unpaired) electrons. The Balaban J connectivity index is 2.86. The van der Waals surface area contributed by atoms with Gasteiger partial charge in [0.25, 0.3) is 0 Å². The molecular weight excluding hydrogens is 308 g/mol. The van der Waals surface area contributed by atoms with E-state index in [-0.39, 0.29) is 12.0 Å². The van der Waals surface area contributed by atoms with Gasteiger partial charge in [-0.15, -0.1) is 0 Å². The van der Waals surface area contributed by atoms with Crippen molar-refractivity contribution in [3.63, 3.8) is 0 Å². The van der Waals surface area contributed by atoms with E-state index >= 15 is 0 Å². The molecule has 0 aliphatic heterocycles. The van der Waals surface area contributed by atoms with Gasteiger partial charge in [-0.2, -0.15) is 0 Å². The number of nitrogens with zero attached hydrogens (tertiary/aromatic N) is 1. The molecule has 138 valence electrons. The van der Waals surface area contributed by atoms with Gasteiger partial charge in [0.1, 0.15) is 11.6 Å². The van der Waals surface area contributed by atoms with Crippen LogP contribution >= 0.6 is 0 Å². The molecule has 1 amide bonds. The van der Waals surface area contributed by atoms with E-state index in [0.717, 1.165) is 31.4 Å². The monoisotopic (exact) mass is 340 g/mol. The second kappa shape index (κ2) is 9.04. The number of amides is 1. The van der Waals surface area contributed by atoms with Crippen LogP contribution in [0.3, 0.4) is 0 Å². The maximum absolute atomic E-state index is 12.0. The van der Waals surface area contributed by atoms with Crippen LogP contribution < -0.4 is 5.32 Å². The Hall–Kier alpha value is -1.59. The highest BCUT2D eigenvalue weighted by Crippen LogP contribution is 2.20. The number of esters is 1. The zero-order valence-electron chi connectivity index (χ0n) is 15.8. The van der Waals surface area contributed by atoms with Crippen LogP contribution in [-0.4, -0.2) is 42.6 Å². The third-order valence-electron chi connectivity index (χ3n) is 3.76. The molecule has 0 unspecified atom stereocenters. The average molecular weight is 340 g/mol. The number of rotatable bonds is 5. The summed E-state index contributed by atoms with van der Waals surface area (Å²) >= 11 is 0. The van der Waals surface area contributed by atoms with Gasteiger partial charge in [0.2, 0.25) is 0 Å². The number of carbonyl (C=O) groups is 2. The molecule has 0 heterocycles. The maximum atomic E-state index is 12.0. The zero-order valence-corrected chi connectivity index (χ0v) is 15.8. The Morgan fingerprint density at radius 3 is 2.50 bits per heavy atom. The van der Waals surface area contributed by atoms with Gasteiger partial charge in [0.15, 0.2) is 0 Å². The molecule has 1 N–H and O–H groups in total. The largest absolute Gasteiger partial charge is 0.467 e. The predicted molar refractivity (Wildman–Crippen MR) is 94.3 cm³/mol. The van der Waals surface area contributed by atoms with E-state index in [1.165, 1.54) is 7.11 Å². The molecule has 1 aliphatic rings. The molecule has 0 bridgehead atoms. The number of carbonyl (C=O) groups excluding carboxylic acids is 2. The normalized spacial score (nSPS) is 21.5. The lowest BCUT2D eigenvalue weighted by molar-refractivity contribution is -0.142. The first-order valence-electron chi connectivity index (χ1n) is 8.76. The summed E-state index contributed by atoms with van der Waals surface area (Å²) in [4.78, 5) is 28.7. The van der Waals surface area contributed by atoms with Gasteiger partial charge >= 0.3 is 12.1 Å². The van der Waals surface area contributed by atoms with Gasteiger partial charge in [0.05, 0.1) is 13.2 Å². The van der Waals surface area contributed by atoms with Gasteiger partial charge in [-0.05, 0) is 52.4 Å². The van der Waals surface area contributed by atoms with Crippen LogP contribution in [0.2, 0.25) is 0 Å². The number of alkyl carbamates (subject to hydrolysis) is 1. The molecule has 1 saturated carbocycles. The Morgan fingerprint density at radius 1 is 1.29 bits per heavy atom. The minimum Gasteiger partial charge on any atom is -0.467 e. The van der Waals surface area contributed by atoms with Crippen LogP contribution in [0.4, 0.5) is 4.79 Å². The van der Waals surface area contributed by atoms with Crippen molar-refractivity contribution in [3.8, 4) is 0 Å². The number of hydrogen-bond donors (Lipinski definition) is 1. The zero-order chi connectivity index (χ0) is 18.3. The first kappa shape index (κ1) is 20.5. The van der Waals surface area contributed by atoms with E-state index in [1.807, 2.05) is 34.6 Å². The van der Waals surface area contributed by atoms with Gasteiger partial charge < -0.3 is 14.8 Å². The molecule has 0 aromatic carbocycles. The first-order valence-corrected chi connectivity index (χ1v) is 8.76. The van der Waals surface area contributed by atoms with Crippen LogP contribution in [0, 0.1) is 5.92 Å². The van der Waals surface area contributed by atoms with E-state index in [9.17, 15) is 9.59 Å². The molecule has 0 saturated heterocycles. The third kappa shape index (κ3) is 7.32. The molecule has 1 aliphatic carbocycles. The van der Waals surface area contributed by atoms with E-state index in [0.29, 0.717) is 12.3 Å². The summed E-state index contributed by atoms with van der Waals surface area (Å²) in [5.74, 6) is 0.0112. The number of nitrogens with one attached hydrogen (secondary N) is 1. The Kier molecular flexibility index (Phi) is 7.70. The summed E-state index contributed by atoms with van der Waals surface area (Å²) < 4.78 is 10.2. The van der Waals surface area contributed by atoms with Crippen molar-refractivity contribution in [1.29, 1.82) is 0 Å². The molecular formula is C18H32N2O4. The van der Waals surface area contributed by atoms with Gasteiger partial charge in [0, 0.05) is 5.71 Å². The van der Waals surface area contributed by atoms with Crippen molar-refractivity contribution in [3.05, 3.63) is 0 Å². The number of ether oxygens (including phenoxy) is 2. The van der Waals surface area contributed by atoms with Crippen LogP contribution in [0.25, 0.3) is 0 Å². The minimum absolute atomic E-state index is 0.173. The molecule has 2 atom stereocenters. The third-order valence-corrected chi connectivity index (χ3v) is 3.76. The smallest absolute Gasteiger partial charge is 0.408 e. The van der Waals surface area contributed by atoms with E-state index in [4.69, 9.17) is 9.47 Å². The Morgan fingerprint density at radius 2 is 1.96 bits per heavy atom. The lowest BCUT2D eigenvalue weighted by atomic mass is 9.92. The molecule has 0 spiro atoms. The topological polar surface area (TPSA) is 77.0 Å². The highest BCUT2D eigenvalue weighted by molar-refractivity contribution is 5.94. The summed E-state index contributed by atoms with van der Waals surface area (Å²) in [6.07, 6.45) is 3.82. The van der Waals surface area contributed by atoms with Crippen LogP contribution in [0.1, 0.15) is 66.7 Å². The van der Waals surface area contributed by atoms with E-state index < -0.39 is 17.7 Å². The lowest BCUT2D eigenvalue weighted by Gasteiger charge is -2.28. The van der Waals surface area contributed by atoms with Crippen molar-refractivity contribution in [2.75, 3.05) is 7.11 Å². The summed E-state index contributed by atoms with van der Waals surface area (Å²) in [6.45, 7) is 9.59. The Bertz CT molecular complexity index is 466. The van der Waals surface area contributed by atoms with Crippen molar-refractivity contribution in [2.24, 2.45) is 10.9 Å². The van der Waals surface area contributed by atoms with Crippen LogP contribution in [-0.2, 0) is 14.3 Å².